The Kier molecular flexibility index (Phi) is 7.96. The second-order valence-electron chi connectivity index (χ2n) is 10.8. The van der Waals surface area contributed by atoms with Crippen LogP contribution < -0.4 is 4.74 Å². The minimum absolute atomic E-state index is 0.320. The van der Waals surface area contributed by atoms with Gasteiger partial charge < -0.3 is 14.7 Å². The Balaban J connectivity index is 1.18. The van der Waals surface area contributed by atoms with Gasteiger partial charge in [0.1, 0.15) is 18.1 Å². The average Bonchev–Trinajstić information content (AvgIpc) is 3.71. The maximum atomic E-state index is 10.1. The number of thiophene rings is 1. The normalized spacial score (nSPS) is 16.5. The van der Waals surface area contributed by atoms with E-state index in [0.717, 1.165) is 36.4 Å². The number of hydrogen-bond acceptors (Lipinski definition) is 5. The van der Waals surface area contributed by atoms with Crippen LogP contribution in [0.25, 0.3) is 20.5 Å². The van der Waals surface area contributed by atoms with Crippen LogP contribution in [0.15, 0.2) is 66.7 Å². The van der Waals surface area contributed by atoms with Gasteiger partial charge in [-0.3, -0.25) is 4.90 Å². The zero-order chi connectivity index (χ0) is 25.7. The van der Waals surface area contributed by atoms with Crippen molar-refractivity contribution in [2.75, 3.05) is 45.9 Å². The van der Waals surface area contributed by atoms with E-state index in [1.165, 1.54) is 90.9 Å². The van der Waals surface area contributed by atoms with E-state index in [9.17, 15) is 5.11 Å². The maximum absolute atomic E-state index is 10.1. The van der Waals surface area contributed by atoms with Crippen molar-refractivity contribution in [2.45, 2.75) is 38.5 Å². The SMILES string of the molecule is Oc1ccc2c(Cc3ccc(CCN4CCCC4)cc3)c(-c3ccc(OCCN4CCCC4)cc3)sc2c1. The van der Waals surface area contributed by atoms with Crippen LogP contribution in [0, 0.1) is 0 Å². The number of hydrogen-bond donors (Lipinski definition) is 1. The Labute approximate surface area is 230 Å². The number of aromatic hydroxyl groups is 1. The van der Waals surface area contributed by atoms with Gasteiger partial charge in [0.15, 0.2) is 0 Å². The zero-order valence-corrected chi connectivity index (χ0v) is 23.0. The van der Waals surface area contributed by atoms with Gasteiger partial charge in [-0.25, -0.2) is 0 Å². The number of phenols is 1. The molecule has 0 atom stereocenters. The molecule has 3 heterocycles. The van der Waals surface area contributed by atoms with Crippen LogP contribution >= 0.6 is 11.3 Å². The summed E-state index contributed by atoms with van der Waals surface area (Å²) >= 11 is 1.76. The van der Waals surface area contributed by atoms with Crippen LogP contribution in [0.4, 0.5) is 0 Å². The molecule has 4 nitrogen and oxygen atoms in total. The molecule has 5 heteroatoms. The van der Waals surface area contributed by atoms with Crippen molar-refractivity contribution < 1.29 is 9.84 Å². The van der Waals surface area contributed by atoms with Crippen LogP contribution in [0.5, 0.6) is 11.5 Å². The first-order chi connectivity index (χ1) is 18.7. The van der Waals surface area contributed by atoms with Gasteiger partial charge in [-0.1, -0.05) is 24.3 Å². The lowest BCUT2D eigenvalue weighted by Crippen LogP contribution is -2.25. The van der Waals surface area contributed by atoms with E-state index in [2.05, 4.69) is 64.4 Å². The summed E-state index contributed by atoms with van der Waals surface area (Å²) in [6.45, 7) is 7.83. The molecule has 6 rings (SSSR count). The molecular formula is C33H38N2O2S. The summed E-state index contributed by atoms with van der Waals surface area (Å²) in [5.74, 6) is 1.25. The van der Waals surface area contributed by atoms with Crippen LogP contribution in [-0.4, -0.2) is 60.8 Å². The minimum atomic E-state index is 0.320. The molecule has 0 aliphatic carbocycles. The third-order valence-corrected chi connectivity index (χ3v) is 9.33. The third kappa shape index (κ3) is 6.06. The molecule has 0 amide bonds. The fraction of sp³-hybridized carbons (Fsp3) is 0.394. The van der Waals surface area contributed by atoms with Crippen molar-refractivity contribution in [3.63, 3.8) is 0 Å². The Morgan fingerprint density at radius 2 is 1.39 bits per heavy atom. The molecule has 0 saturated carbocycles. The quantitative estimate of drug-likeness (QED) is 0.242. The standard InChI is InChI=1S/C33H38N2O2S/c36-28-11-14-30-31(23-26-7-5-25(6-8-26)15-20-34-16-1-2-17-34)33(38-32(30)24-28)27-9-12-29(13-10-27)37-22-21-35-18-3-4-19-35/h5-14,24,36H,1-4,15-23H2. The highest BCUT2D eigenvalue weighted by Gasteiger charge is 2.16. The molecule has 1 N–H and O–H groups in total. The van der Waals surface area contributed by atoms with Crippen LogP contribution in [0.3, 0.4) is 0 Å². The predicted octanol–water partition coefficient (Wildman–Crippen LogP) is 6.98. The molecule has 198 valence electrons. The Hall–Kier alpha value is -2.86. The van der Waals surface area contributed by atoms with Gasteiger partial charge in [0, 0.05) is 22.7 Å². The van der Waals surface area contributed by atoms with Crippen LogP contribution in [-0.2, 0) is 12.8 Å². The largest absolute Gasteiger partial charge is 0.508 e. The summed E-state index contributed by atoms with van der Waals surface area (Å²) in [5, 5.41) is 11.4. The molecule has 3 aromatic carbocycles. The molecule has 4 aromatic rings. The van der Waals surface area contributed by atoms with Crippen molar-refractivity contribution in [1.29, 1.82) is 0 Å². The maximum Gasteiger partial charge on any atom is 0.119 e. The van der Waals surface area contributed by atoms with E-state index in [4.69, 9.17) is 4.74 Å². The number of likely N-dealkylation sites (tertiary alicyclic amines) is 2. The number of nitrogens with zero attached hydrogens (tertiary/aromatic N) is 2. The van der Waals surface area contributed by atoms with Crippen LogP contribution in [0.2, 0.25) is 0 Å². The lowest BCUT2D eigenvalue weighted by Gasteiger charge is -2.15. The molecule has 0 unspecified atom stereocenters. The Morgan fingerprint density at radius 3 is 2.11 bits per heavy atom. The highest BCUT2D eigenvalue weighted by atomic mass is 32.1. The molecule has 2 fully saturated rings. The molecule has 2 saturated heterocycles. The van der Waals surface area contributed by atoms with Crippen molar-refractivity contribution >= 4 is 21.4 Å². The van der Waals surface area contributed by atoms with Crippen molar-refractivity contribution in [1.82, 2.24) is 9.80 Å². The van der Waals surface area contributed by atoms with E-state index >= 15 is 0 Å². The van der Waals surface area contributed by atoms with Crippen LogP contribution in [0.1, 0.15) is 42.4 Å². The predicted molar refractivity (Wildman–Crippen MR) is 159 cm³/mol. The van der Waals surface area contributed by atoms with Crippen molar-refractivity contribution in [3.05, 3.63) is 83.4 Å². The first-order valence-corrected chi connectivity index (χ1v) is 15.0. The fourth-order valence-electron chi connectivity index (χ4n) is 5.87. The summed E-state index contributed by atoms with van der Waals surface area (Å²) in [5.41, 5.74) is 5.28. The summed E-state index contributed by atoms with van der Waals surface area (Å²) in [4.78, 5) is 6.33. The molecular weight excluding hydrogens is 488 g/mol. The molecule has 1 aromatic heterocycles. The molecule has 0 radical (unpaired) electrons. The van der Waals surface area contributed by atoms with Gasteiger partial charge in [-0.15, -0.1) is 11.3 Å². The smallest absolute Gasteiger partial charge is 0.119 e. The van der Waals surface area contributed by atoms with Crippen molar-refractivity contribution in [3.8, 4) is 21.9 Å². The number of phenolic OH excluding ortho intramolecular Hbond substituents is 1. The van der Waals surface area contributed by atoms with E-state index in [-0.39, 0.29) is 0 Å². The second kappa shape index (κ2) is 11.9. The van der Waals surface area contributed by atoms with E-state index in [0.29, 0.717) is 5.75 Å². The Bertz CT molecular complexity index is 1330. The van der Waals surface area contributed by atoms with E-state index in [1.807, 2.05) is 6.07 Å². The van der Waals surface area contributed by atoms with E-state index in [1.54, 1.807) is 17.4 Å². The number of benzene rings is 3. The lowest BCUT2D eigenvalue weighted by molar-refractivity contribution is 0.238. The molecule has 0 spiro atoms. The summed E-state index contributed by atoms with van der Waals surface area (Å²) < 4.78 is 7.18. The monoisotopic (exact) mass is 526 g/mol. The van der Waals surface area contributed by atoms with Gasteiger partial charge >= 0.3 is 0 Å². The number of fused-ring (bicyclic) bond motifs is 1. The first-order valence-electron chi connectivity index (χ1n) is 14.2. The topological polar surface area (TPSA) is 35.9 Å². The highest BCUT2D eigenvalue weighted by molar-refractivity contribution is 7.22. The zero-order valence-electron chi connectivity index (χ0n) is 22.2. The summed E-state index contributed by atoms with van der Waals surface area (Å²) in [7, 11) is 0. The van der Waals surface area contributed by atoms with E-state index < -0.39 is 0 Å². The average molecular weight is 527 g/mol. The third-order valence-electron chi connectivity index (χ3n) is 8.09. The minimum Gasteiger partial charge on any atom is -0.508 e. The fourth-order valence-corrected chi connectivity index (χ4v) is 7.13. The Morgan fingerprint density at radius 1 is 0.737 bits per heavy atom. The molecule has 38 heavy (non-hydrogen) atoms. The van der Waals surface area contributed by atoms with Gasteiger partial charge in [0.05, 0.1) is 0 Å². The highest BCUT2D eigenvalue weighted by Crippen LogP contribution is 2.41. The van der Waals surface area contributed by atoms with Gasteiger partial charge in [0.25, 0.3) is 0 Å². The summed E-state index contributed by atoms with van der Waals surface area (Å²) in [6.07, 6.45) is 7.32. The second-order valence-corrected chi connectivity index (χ2v) is 11.9. The van der Waals surface area contributed by atoms with Gasteiger partial charge in [-0.05, 0) is 135 Å². The first kappa shape index (κ1) is 25.4. The van der Waals surface area contributed by atoms with Gasteiger partial charge in [0.2, 0.25) is 0 Å². The lowest BCUT2D eigenvalue weighted by atomic mass is 9.98. The number of ether oxygens (including phenoxy) is 1. The molecule has 2 aliphatic rings. The summed E-state index contributed by atoms with van der Waals surface area (Å²) in [6, 6.07) is 23.5. The number of rotatable bonds is 10. The molecule has 2 aliphatic heterocycles. The van der Waals surface area contributed by atoms with Gasteiger partial charge in [-0.2, -0.15) is 0 Å². The van der Waals surface area contributed by atoms with Crippen molar-refractivity contribution in [2.24, 2.45) is 0 Å². The molecule has 0 bridgehead atoms.